The molecule has 1 aliphatic carbocycles. The van der Waals surface area contributed by atoms with Gasteiger partial charge in [-0.15, -0.1) is 0 Å². The highest BCUT2D eigenvalue weighted by Crippen LogP contribution is 2.30. The Bertz CT molecular complexity index is 1110. The van der Waals surface area contributed by atoms with Crippen molar-refractivity contribution in [3.63, 3.8) is 0 Å². The zero-order valence-electron chi connectivity index (χ0n) is 20.4. The van der Waals surface area contributed by atoms with Gasteiger partial charge in [-0.2, -0.15) is 18.2 Å². The van der Waals surface area contributed by atoms with Crippen LogP contribution < -0.4 is 15.5 Å². The fraction of sp³-hybridized carbons (Fsp3) is 0.481. The third kappa shape index (κ3) is 6.84. The topological polar surface area (TPSA) is 53.1 Å². The van der Waals surface area contributed by atoms with Crippen LogP contribution >= 0.6 is 0 Å². The first kappa shape index (κ1) is 25.2. The molecule has 0 unspecified atom stereocenters. The number of halogens is 3. The van der Waals surface area contributed by atoms with Crippen molar-refractivity contribution < 1.29 is 13.2 Å². The summed E-state index contributed by atoms with van der Waals surface area (Å²) in [6.07, 6.45) is 1.60. The van der Waals surface area contributed by atoms with Gasteiger partial charge in [-0.3, -0.25) is 0 Å². The third-order valence-electron chi connectivity index (χ3n) is 6.69. The van der Waals surface area contributed by atoms with Crippen LogP contribution in [0.2, 0.25) is 0 Å². The number of hydrogen-bond acceptors (Lipinski definition) is 5. The molecule has 0 spiro atoms. The Kier molecular flexibility index (Phi) is 8.11. The van der Waals surface area contributed by atoms with Crippen molar-refractivity contribution in [1.29, 1.82) is 0 Å². The Balaban J connectivity index is 1.19. The molecule has 35 heavy (non-hydrogen) atoms. The van der Waals surface area contributed by atoms with Crippen LogP contribution in [0, 0.1) is 5.92 Å². The molecule has 8 heteroatoms. The van der Waals surface area contributed by atoms with E-state index < -0.39 is 11.7 Å². The molecule has 4 rings (SSSR count). The number of alkyl halides is 3. The van der Waals surface area contributed by atoms with Crippen LogP contribution in [0.1, 0.15) is 43.2 Å². The highest BCUT2D eigenvalue weighted by atomic mass is 19.4. The standard InChI is InChI=1S/C27H34F3N5/c1-35(2)25-23-10-3-4-11-24(23)33-26(34-25)32-22-14-12-20(13-15-22)18-31-16-6-8-19-7-5-9-21(17-19)27(28,29)30/h3-5,7,9-11,17,20,22,31H,6,8,12-16,18H2,1-2H3,(H,32,33,34). The van der Waals surface area contributed by atoms with Crippen molar-refractivity contribution >= 4 is 22.7 Å². The molecule has 0 amide bonds. The molecule has 1 aromatic heterocycles. The van der Waals surface area contributed by atoms with E-state index in [4.69, 9.17) is 9.97 Å². The number of aryl methyl sites for hydroxylation is 1. The Morgan fingerprint density at radius 1 is 0.971 bits per heavy atom. The van der Waals surface area contributed by atoms with Crippen LogP contribution in [-0.4, -0.2) is 43.2 Å². The third-order valence-corrected chi connectivity index (χ3v) is 6.69. The van der Waals surface area contributed by atoms with Gasteiger partial charge in [-0.25, -0.2) is 4.98 Å². The number of nitrogens with one attached hydrogen (secondary N) is 2. The number of rotatable bonds is 9. The molecule has 5 nitrogen and oxygen atoms in total. The average Bonchev–Trinajstić information content (AvgIpc) is 2.84. The molecule has 1 fully saturated rings. The highest BCUT2D eigenvalue weighted by Gasteiger charge is 2.30. The number of hydrogen-bond donors (Lipinski definition) is 2. The van der Waals surface area contributed by atoms with Gasteiger partial charge < -0.3 is 15.5 Å². The van der Waals surface area contributed by atoms with Gasteiger partial charge in [0.05, 0.1) is 11.1 Å². The second-order valence-electron chi connectivity index (χ2n) is 9.65. The summed E-state index contributed by atoms with van der Waals surface area (Å²) in [5.41, 5.74) is 1.11. The predicted molar refractivity (Wildman–Crippen MR) is 136 cm³/mol. The van der Waals surface area contributed by atoms with Crippen molar-refractivity contribution in [2.24, 2.45) is 5.92 Å². The van der Waals surface area contributed by atoms with E-state index in [1.165, 1.54) is 12.1 Å². The molecule has 3 aromatic rings. The minimum Gasteiger partial charge on any atom is -0.362 e. The minimum absolute atomic E-state index is 0.364. The number of aromatic nitrogens is 2. The predicted octanol–water partition coefficient (Wildman–Crippen LogP) is 5.91. The van der Waals surface area contributed by atoms with Crippen LogP contribution in [0.4, 0.5) is 24.9 Å². The number of nitrogens with zero attached hydrogens (tertiary/aromatic N) is 3. The zero-order chi connectivity index (χ0) is 24.8. The van der Waals surface area contributed by atoms with Crippen molar-refractivity contribution in [1.82, 2.24) is 15.3 Å². The smallest absolute Gasteiger partial charge is 0.362 e. The Hall–Kier alpha value is -2.87. The van der Waals surface area contributed by atoms with Gasteiger partial charge in [0.25, 0.3) is 0 Å². The molecule has 1 saturated carbocycles. The monoisotopic (exact) mass is 485 g/mol. The molecular weight excluding hydrogens is 451 g/mol. The molecule has 1 aliphatic rings. The van der Waals surface area contributed by atoms with E-state index in [2.05, 4.69) is 10.6 Å². The fourth-order valence-electron chi connectivity index (χ4n) is 4.79. The van der Waals surface area contributed by atoms with Gasteiger partial charge in [0.15, 0.2) is 0 Å². The SMILES string of the molecule is CN(C)c1nc(NC2CCC(CNCCCc3cccc(C(F)(F)F)c3)CC2)nc2ccccc12. The fourth-order valence-corrected chi connectivity index (χ4v) is 4.79. The summed E-state index contributed by atoms with van der Waals surface area (Å²) in [5, 5.41) is 8.10. The van der Waals surface area contributed by atoms with Gasteiger partial charge in [0, 0.05) is 25.5 Å². The quantitative estimate of drug-likeness (QED) is 0.369. The van der Waals surface area contributed by atoms with Crippen LogP contribution in [0.3, 0.4) is 0 Å². The summed E-state index contributed by atoms with van der Waals surface area (Å²) in [4.78, 5) is 11.5. The maximum Gasteiger partial charge on any atom is 0.416 e. The van der Waals surface area contributed by atoms with Gasteiger partial charge in [-0.1, -0.05) is 30.3 Å². The van der Waals surface area contributed by atoms with E-state index in [9.17, 15) is 13.2 Å². The van der Waals surface area contributed by atoms with Crippen molar-refractivity contribution in [2.75, 3.05) is 37.4 Å². The summed E-state index contributed by atoms with van der Waals surface area (Å²) in [7, 11) is 3.99. The van der Waals surface area contributed by atoms with Gasteiger partial charge in [-0.05, 0) is 81.3 Å². The lowest BCUT2D eigenvalue weighted by Crippen LogP contribution is -2.32. The molecule has 0 atom stereocenters. The number of benzene rings is 2. The maximum atomic E-state index is 12.9. The lowest BCUT2D eigenvalue weighted by Gasteiger charge is -2.29. The lowest BCUT2D eigenvalue weighted by molar-refractivity contribution is -0.137. The van der Waals surface area contributed by atoms with E-state index >= 15 is 0 Å². The molecule has 188 valence electrons. The molecule has 0 saturated heterocycles. The summed E-state index contributed by atoms with van der Waals surface area (Å²) >= 11 is 0. The molecule has 2 N–H and O–H groups in total. The summed E-state index contributed by atoms with van der Waals surface area (Å²) < 4.78 is 38.6. The van der Waals surface area contributed by atoms with Crippen LogP contribution in [0.5, 0.6) is 0 Å². The van der Waals surface area contributed by atoms with Crippen LogP contribution in [0.25, 0.3) is 10.9 Å². The highest BCUT2D eigenvalue weighted by molar-refractivity contribution is 5.90. The molecular formula is C27H34F3N5. The lowest BCUT2D eigenvalue weighted by atomic mass is 9.86. The molecule has 1 heterocycles. The largest absolute Gasteiger partial charge is 0.416 e. The summed E-state index contributed by atoms with van der Waals surface area (Å²) in [6, 6.07) is 14.1. The molecule has 0 bridgehead atoms. The average molecular weight is 486 g/mol. The van der Waals surface area contributed by atoms with Gasteiger partial charge >= 0.3 is 6.18 Å². The Morgan fingerprint density at radius 3 is 2.49 bits per heavy atom. The molecule has 2 aromatic carbocycles. The Labute approximate surface area is 205 Å². The molecule has 0 radical (unpaired) electrons. The number of para-hydroxylation sites is 1. The maximum absolute atomic E-state index is 12.9. The van der Waals surface area contributed by atoms with Crippen LogP contribution in [0.15, 0.2) is 48.5 Å². The van der Waals surface area contributed by atoms with Crippen LogP contribution in [-0.2, 0) is 12.6 Å². The first-order chi connectivity index (χ1) is 16.8. The zero-order valence-corrected chi connectivity index (χ0v) is 20.4. The van der Waals surface area contributed by atoms with Crippen molar-refractivity contribution in [3.05, 3.63) is 59.7 Å². The second kappa shape index (κ2) is 11.2. The van der Waals surface area contributed by atoms with E-state index in [0.717, 1.165) is 73.5 Å². The summed E-state index contributed by atoms with van der Waals surface area (Å²) in [5.74, 6) is 2.22. The normalized spacial score (nSPS) is 18.5. The van der Waals surface area contributed by atoms with E-state index in [-0.39, 0.29) is 0 Å². The van der Waals surface area contributed by atoms with E-state index in [1.807, 2.05) is 43.3 Å². The minimum atomic E-state index is -4.28. The van der Waals surface area contributed by atoms with Crippen molar-refractivity contribution in [2.45, 2.75) is 50.7 Å². The van der Waals surface area contributed by atoms with E-state index in [1.54, 1.807) is 6.07 Å². The van der Waals surface area contributed by atoms with Gasteiger partial charge in [0.1, 0.15) is 5.82 Å². The first-order valence-electron chi connectivity index (χ1n) is 12.4. The Morgan fingerprint density at radius 2 is 1.74 bits per heavy atom. The first-order valence-corrected chi connectivity index (χ1v) is 12.4. The van der Waals surface area contributed by atoms with E-state index in [0.29, 0.717) is 24.3 Å². The second-order valence-corrected chi connectivity index (χ2v) is 9.65. The summed E-state index contributed by atoms with van der Waals surface area (Å²) in [6.45, 7) is 1.76. The molecule has 0 aliphatic heterocycles. The van der Waals surface area contributed by atoms with Crippen molar-refractivity contribution in [3.8, 4) is 0 Å². The van der Waals surface area contributed by atoms with Gasteiger partial charge in [0.2, 0.25) is 5.95 Å². The number of fused-ring (bicyclic) bond motifs is 1. The number of anilines is 2.